The number of fused-ring (bicyclic) bond motifs is 13. The van der Waals surface area contributed by atoms with Crippen molar-refractivity contribution in [1.29, 1.82) is 0 Å². The van der Waals surface area contributed by atoms with Crippen LogP contribution in [0.4, 0.5) is 23.3 Å². The first-order chi connectivity index (χ1) is 66.5. The van der Waals surface area contributed by atoms with E-state index >= 15 is 0 Å². The molecular formula is C119H108N12O4. The molecule has 4 heterocycles. The van der Waals surface area contributed by atoms with Gasteiger partial charge in [0.05, 0.1) is 81.2 Å². The van der Waals surface area contributed by atoms with E-state index in [1.807, 2.05) is 121 Å². The molecule has 0 saturated heterocycles. The lowest BCUT2D eigenvalue weighted by atomic mass is 9.91. The lowest BCUT2D eigenvalue weighted by Crippen LogP contribution is -2.20. The van der Waals surface area contributed by atoms with E-state index in [9.17, 15) is 19.2 Å². The molecule has 135 heavy (non-hydrogen) atoms. The molecule has 0 aliphatic heterocycles. The van der Waals surface area contributed by atoms with Crippen LogP contribution >= 0.6 is 0 Å². The SMILES string of the molecule is O=C(CCCc1ccccc1)Nc1nc2c(nc1CCc1ccccc1)-c1ccccc1CC2.O=C(CCc1ccccc1)Nc1nc2c(nc1CCc1ccccc1)-c1ccccc1CC2.O=C(Cc1ccc2ccccc2c1)Nc1nc2c(nc1CCc1ccccc1)-c1ccccc1CC2.O=C(Cc1ccccc1)Nc1nc2c(nc1CCc1ccccc1)-c1ccccc1CC2. The van der Waals surface area contributed by atoms with Gasteiger partial charge in [-0.2, -0.15) is 0 Å². The van der Waals surface area contributed by atoms with E-state index in [2.05, 4.69) is 252 Å². The fraction of sp³-hybridized carbons (Fsp3) is 0.193. The minimum atomic E-state index is -0.0725. The van der Waals surface area contributed by atoms with Crippen molar-refractivity contribution in [3.8, 4) is 45.0 Å². The number of aromatic nitrogens is 8. The maximum Gasteiger partial charge on any atom is 0.229 e. The molecule has 13 aromatic carbocycles. The Morgan fingerprint density at radius 2 is 0.467 bits per heavy atom. The van der Waals surface area contributed by atoms with Crippen LogP contribution in [-0.2, 0) is 148 Å². The Labute approximate surface area is 789 Å². The average molecular weight is 1770 g/mol. The number of anilines is 4. The Morgan fingerprint density at radius 3 is 0.800 bits per heavy atom. The third-order valence-electron chi connectivity index (χ3n) is 25.4. The largest absolute Gasteiger partial charge is 0.309 e. The number of aryl methyl sites for hydroxylation is 18. The van der Waals surface area contributed by atoms with Crippen molar-refractivity contribution >= 4 is 57.7 Å². The van der Waals surface area contributed by atoms with Crippen LogP contribution in [-0.4, -0.2) is 63.5 Å². The van der Waals surface area contributed by atoms with Crippen LogP contribution in [0.2, 0.25) is 0 Å². The zero-order chi connectivity index (χ0) is 91.7. The second-order valence-electron chi connectivity index (χ2n) is 34.9. The van der Waals surface area contributed by atoms with Gasteiger partial charge in [0, 0.05) is 35.1 Å². The van der Waals surface area contributed by atoms with Gasteiger partial charge in [0.25, 0.3) is 0 Å². The molecule has 4 aliphatic rings. The number of carbonyl (C=O) groups excluding carboxylic acids is 4. The molecule has 0 saturated carbocycles. The first-order valence-corrected chi connectivity index (χ1v) is 47.4. The number of hydrogen-bond donors (Lipinski definition) is 4. The molecule has 0 atom stereocenters. The Balaban J connectivity index is 0.000000120. The highest BCUT2D eigenvalue weighted by Gasteiger charge is 2.28. The third-order valence-corrected chi connectivity index (χ3v) is 25.4. The van der Waals surface area contributed by atoms with Gasteiger partial charge in [0.1, 0.15) is 0 Å². The molecule has 16 heteroatoms. The molecule has 0 spiro atoms. The van der Waals surface area contributed by atoms with Crippen LogP contribution in [0.15, 0.2) is 352 Å². The van der Waals surface area contributed by atoms with Crippen molar-refractivity contribution in [3.05, 3.63) is 464 Å². The van der Waals surface area contributed by atoms with Crippen molar-refractivity contribution in [3.63, 3.8) is 0 Å². The number of amides is 4. The maximum absolute atomic E-state index is 13.1. The number of hydrogen-bond acceptors (Lipinski definition) is 12. The number of nitrogens with one attached hydrogen (secondary N) is 4. The Bertz CT molecular complexity index is 6990. The number of carbonyl (C=O) groups is 4. The van der Waals surface area contributed by atoms with Gasteiger partial charge in [0.15, 0.2) is 23.3 Å². The molecule has 17 aromatic rings. The predicted molar refractivity (Wildman–Crippen MR) is 541 cm³/mol. The Hall–Kier alpha value is -15.7. The summed E-state index contributed by atoms with van der Waals surface area (Å²) in [5, 5.41) is 14.6. The molecular weight excluding hydrogens is 1660 g/mol. The molecule has 21 rings (SSSR count). The molecule has 0 unspecified atom stereocenters. The van der Waals surface area contributed by atoms with Crippen LogP contribution in [0.3, 0.4) is 0 Å². The van der Waals surface area contributed by atoms with Crippen molar-refractivity contribution in [2.45, 2.75) is 148 Å². The van der Waals surface area contributed by atoms with Crippen LogP contribution in [0.1, 0.15) is 132 Å². The highest BCUT2D eigenvalue weighted by atomic mass is 16.2. The standard InChI is InChI=1S/C32H27N3O.C30H29N3O.C29H27N3O.C28H25N3O/c36-30(21-23-14-16-24-10-4-5-12-26(24)20-23)35-32-29(18-15-22-8-2-1-3-9-22)33-31-27-13-7-6-11-25(27)17-19-28(31)34-32;34-28(17-9-14-22-10-3-1-4-11-22)33-30-27(20-18-23-12-5-2-6-13-23)31-29-25-16-8-7-15-24(25)19-21-26(29)32-30;33-27(20-16-22-11-5-2-6-12-22)32-29-26(18-15-21-9-3-1-4-10-21)30-28-24-14-8-7-13-23(24)17-19-25(28)31-29;32-26(19-21-11-5-2-6-12-21)31-28-25(17-15-20-9-3-1-4-10-20)29-27-23-14-8-7-13-22(23)16-18-24(27)30-28/h1-14,16,20H,15,17-19,21H2,(H,34,35,36);1-8,10-13,15-16H,9,14,17-21H2,(H,32,33,34);1-14H,15-20H2,(H,31,32,33);1-14H,15-19H2,(H,30,31,32). The molecule has 0 radical (unpaired) electrons. The first kappa shape index (κ1) is 89.9. The van der Waals surface area contributed by atoms with E-state index in [0.717, 1.165) is 215 Å². The maximum atomic E-state index is 13.1. The normalized spacial score (nSPS) is 12.0. The van der Waals surface area contributed by atoms with E-state index < -0.39 is 0 Å². The summed E-state index contributed by atoms with van der Waals surface area (Å²) in [6, 6.07) is 120. The zero-order valence-electron chi connectivity index (χ0n) is 76.0. The summed E-state index contributed by atoms with van der Waals surface area (Å²) in [4.78, 5) is 91.6. The summed E-state index contributed by atoms with van der Waals surface area (Å²) in [6.45, 7) is 0. The van der Waals surface area contributed by atoms with Gasteiger partial charge in [-0.05, 0) is 200 Å². The van der Waals surface area contributed by atoms with Crippen LogP contribution in [0, 0.1) is 0 Å². The highest BCUT2D eigenvalue weighted by Crippen LogP contribution is 2.39. The third kappa shape index (κ3) is 23.8. The monoisotopic (exact) mass is 1770 g/mol. The quantitative estimate of drug-likeness (QED) is 0.0378. The Kier molecular flexibility index (Phi) is 29.6. The number of rotatable bonds is 27. The first-order valence-electron chi connectivity index (χ1n) is 47.4. The Morgan fingerprint density at radius 1 is 0.207 bits per heavy atom. The average Bonchev–Trinajstić information content (AvgIpc) is 0.787. The summed E-state index contributed by atoms with van der Waals surface area (Å²) in [7, 11) is 0. The number of benzene rings is 13. The fourth-order valence-corrected chi connectivity index (χ4v) is 18.3. The van der Waals surface area contributed by atoms with Gasteiger partial charge in [-0.15, -0.1) is 0 Å². The van der Waals surface area contributed by atoms with Crippen molar-refractivity contribution in [2.24, 2.45) is 0 Å². The molecule has 668 valence electrons. The van der Waals surface area contributed by atoms with Crippen LogP contribution in [0.25, 0.3) is 55.8 Å². The van der Waals surface area contributed by atoms with Crippen molar-refractivity contribution in [1.82, 2.24) is 39.9 Å². The minimum absolute atomic E-state index is 0.00218. The lowest BCUT2D eigenvalue weighted by Gasteiger charge is -2.21. The molecule has 4 N–H and O–H groups in total. The highest BCUT2D eigenvalue weighted by molar-refractivity contribution is 5.95. The van der Waals surface area contributed by atoms with Gasteiger partial charge in [-0.25, -0.2) is 39.9 Å². The summed E-state index contributed by atoms with van der Waals surface area (Å²) in [6.07, 6.45) is 17.3. The van der Waals surface area contributed by atoms with E-state index in [1.54, 1.807) is 0 Å². The molecule has 0 fully saturated rings. The molecule has 16 nitrogen and oxygen atoms in total. The fourth-order valence-electron chi connectivity index (χ4n) is 18.3. The van der Waals surface area contributed by atoms with E-state index in [0.29, 0.717) is 68.2 Å². The molecule has 4 aliphatic carbocycles. The minimum Gasteiger partial charge on any atom is -0.309 e. The van der Waals surface area contributed by atoms with E-state index in [4.69, 9.17) is 39.9 Å². The van der Waals surface area contributed by atoms with Gasteiger partial charge in [-0.1, -0.05) is 352 Å². The van der Waals surface area contributed by atoms with E-state index in [1.165, 1.54) is 55.5 Å². The van der Waals surface area contributed by atoms with Gasteiger partial charge < -0.3 is 21.3 Å². The summed E-state index contributed by atoms with van der Waals surface area (Å²) < 4.78 is 0. The van der Waals surface area contributed by atoms with Crippen molar-refractivity contribution in [2.75, 3.05) is 21.3 Å². The second kappa shape index (κ2) is 44.5. The van der Waals surface area contributed by atoms with Crippen molar-refractivity contribution < 1.29 is 19.2 Å². The second-order valence-corrected chi connectivity index (χ2v) is 34.9. The summed E-state index contributed by atoms with van der Waals surface area (Å²) in [5.74, 6) is 2.27. The molecule has 0 bridgehead atoms. The lowest BCUT2D eigenvalue weighted by molar-refractivity contribution is -0.117. The smallest absolute Gasteiger partial charge is 0.229 e. The zero-order valence-corrected chi connectivity index (χ0v) is 76.0. The molecule has 4 aromatic heterocycles. The van der Waals surface area contributed by atoms with Crippen LogP contribution in [0.5, 0.6) is 0 Å². The summed E-state index contributed by atoms with van der Waals surface area (Å²) in [5.41, 5.74) is 30.3. The van der Waals surface area contributed by atoms with Gasteiger partial charge in [0.2, 0.25) is 23.6 Å². The number of nitrogens with zero attached hydrogens (tertiary/aromatic N) is 8. The molecule has 4 amide bonds. The van der Waals surface area contributed by atoms with Crippen LogP contribution < -0.4 is 21.3 Å². The van der Waals surface area contributed by atoms with E-state index in [-0.39, 0.29) is 23.6 Å². The topological polar surface area (TPSA) is 220 Å². The van der Waals surface area contributed by atoms with Gasteiger partial charge >= 0.3 is 0 Å². The van der Waals surface area contributed by atoms with Gasteiger partial charge in [-0.3, -0.25) is 19.2 Å². The summed E-state index contributed by atoms with van der Waals surface area (Å²) >= 11 is 0. The predicted octanol–water partition coefficient (Wildman–Crippen LogP) is 23.2.